The minimum atomic E-state index is -0.847. The maximum atomic E-state index is 11.2. The maximum absolute atomic E-state index is 11.2. The molecule has 2 rings (SSSR count). The van der Waals surface area contributed by atoms with Gasteiger partial charge in [-0.15, -0.1) is 0 Å². The molecule has 1 aromatic heterocycles. The maximum Gasteiger partial charge on any atom is 0.112 e. The second-order valence-electron chi connectivity index (χ2n) is 6.13. The predicted octanol–water partition coefficient (Wildman–Crippen LogP) is 2.37. The summed E-state index contributed by atoms with van der Waals surface area (Å²) in [5.41, 5.74) is 0.0495. The molecule has 0 aromatic carbocycles. The Balaban J connectivity index is 2.20. The van der Waals surface area contributed by atoms with Crippen molar-refractivity contribution in [3.05, 3.63) is 16.4 Å². The minimum Gasteiger partial charge on any atom is -0.383 e. The van der Waals surface area contributed by atoms with Crippen molar-refractivity contribution in [3.8, 4) is 0 Å². The molecule has 0 amide bonds. The van der Waals surface area contributed by atoms with Crippen molar-refractivity contribution in [1.29, 1.82) is 0 Å². The minimum absolute atomic E-state index is 0.137. The van der Waals surface area contributed by atoms with E-state index in [4.69, 9.17) is 4.74 Å². The topological polar surface area (TPSA) is 50.5 Å². The Morgan fingerprint density at radius 3 is 3.00 bits per heavy atom. The molecule has 21 heavy (non-hydrogen) atoms. The van der Waals surface area contributed by atoms with Crippen LogP contribution in [0.4, 0.5) is 0 Å². The van der Waals surface area contributed by atoms with Crippen LogP contribution >= 0.6 is 15.9 Å². The SMILES string of the molecule is CCCC1CC(O)(c2c(Br)cnn2CCN(C)C)CCO1. The second kappa shape index (κ2) is 7.22. The first-order chi connectivity index (χ1) is 9.96. The quantitative estimate of drug-likeness (QED) is 0.846. The summed E-state index contributed by atoms with van der Waals surface area (Å²) in [6.07, 6.45) is 5.26. The van der Waals surface area contributed by atoms with E-state index in [9.17, 15) is 5.11 Å². The lowest BCUT2D eigenvalue weighted by Crippen LogP contribution is -2.40. The lowest BCUT2D eigenvalue weighted by molar-refractivity contribution is -0.114. The van der Waals surface area contributed by atoms with E-state index in [-0.39, 0.29) is 6.10 Å². The normalized spacial score (nSPS) is 26.5. The molecule has 6 heteroatoms. The van der Waals surface area contributed by atoms with Crippen LogP contribution in [0, 0.1) is 0 Å². The van der Waals surface area contributed by atoms with Gasteiger partial charge in [0.05, 0.1) is 35.6 Å². The molecule has 2 atom stereocenters. The van der Waals surface area contributed by atoms with Crippen LogP contribution < -0.4 is 0 Å². The van der Waals surface area contributed by atoms with Gasteiger partial charge in [0.1, 0.15) is 5.60 Å². The van der Waals surface area contributed by atoms with Crippen LogP contribution in [0.1, 0.15) is 38.3 Å². The van der Waals surface area contributed by atoms with Gasteiger partial charge in [-0.1, -0.05) is 13.3 Å². The van der Waals surface area contributed by atoms with E-state index in [1.165, 1.54) is 0 Å². The molecule has 5 nitrogen and oxygen atoms in total. The molecule has 1 saturated heterocycles. The van der Waals surface area contributed by atoms with Crippen molar-refractivity contribution in [2.75, 3.05) is 27.2 Å². The van der Waals surface area contributed by atoms with E-state index in [0.717, 1.165) is 36.1 Å². The fraction of sp³-hybridized carbons (Fsp3) is 0.800. The van der Waals surface area contributed by atoms with Gasteiger partial charge in [-0.05, 0) is 36.4 Å². The van der Waals surface area contributed by atoms with Crippen molar-refractivity contribution >= 4 is 15.9 Å². The molecular weight excluding hydrogens is 334 g/mol. The van der Waals surface area contributed by atoms with Crippen molar-refractivity contribution in [1.82, 2.24) is 14.7 Å². The van der Waals surface area contributed by atoms with Crippen molar-refractivity contribution in [2.45, 2.75) is 50.9 Å². The molecule has 0 aliphatic carbocycles. The Bertz CT molecular complexity index is 462. The summed E-state index contributed by atoms with van der Waals surface area (Å²) in [6, 6.07) is 0. The molecule has 1 aromatic rings. The zero-order valence-electron chi connectivity index (χ0n) is 13.2. The first-order valence-corrected chi connectivity index (χ1v) is 8.46. The molecule has 0 saturated carbocycles. The van der Waals surface area contributed by atoms with Crippen molar-refractivity contribution in [2.24, 2.45) is 0 Å². The van der Waals surface area contributed by atoms with Gasteiger partial charge in [-0.25, -0.2) is 0 Å². The van der Waals surface area contributed by atoms with Crippen LogP contribution in [0.2, 0.25) is 0 Å². The first kappa shape index (κ1) is 16.9. The van der Waals surface area contributed by atoms with Gasteiger partial charge in [0.2, 0.25) is 0 Å². The Morgan fingerprint density at radius 1 is 1.57 bits per heavy atom. The highest BCUT2D eigenvalue weighted by Gasteiger charge is 2.40. The largest absolute Gasteiger partial charge is 0.383 e. The van der Waals surface area contributed by atoms with E-state index < -0.39 is 5.60 Å². The van der Waals surface area contributed by atoms with Crippen LogP contribution in [-0.4, -0.2) is 53.1 Å². The number of hydrogen-bond acceptors (Lipinski definition) is 4. The van der Waals surface area contributed by atoms with Gasteiger partial charge >= 0.3 is 0 Å². The second-order valence-corrected chi connectivity index (χ2v) is 6.99. The fourth-order valence-electron chi connectivity index (χ4n) is 2.94. The third kappa shape index (κ3) is 4.06. The summed E-state index contributed by atoms with van der Waals surface area (Å²) in [5.74, 6) is 0. The summed E-state index contributed by atoms with van der Waals surface area (Å²) in [7, 11) is 4.08. The van der Waals surface area contributed by atoms with Crippen molar-refractivity contribution in [3.63, 3.8) is 0 Å². The molecule has 0 bridgehead atoms. The summed E-state index contributed by atoms with van der Waals surface area (Å²) < 4.78 is 8.60. The third-order valence-corrected chi connectivity index (χ3v) is 4.62. The number of nitrogens with zero attached hydrogens (tertiary/aromatic N) is 3. The van der Waals surface area contributed by atoms with Gasteiger partial charge in [0.25, 0.3) is 0 Å². The monoisotopic (exact) mass is 359 g/mol. The standard InChI is InChI=1S/C15H26BrN3O2/c1-4-5-12-10-15(20,6-9-21-12)14-13(16)11-17-19(14)8-7-18(2)3/h11-12,20H,4-10H2,1-3H3. The first-order valence-electron chi connectivity index (χ1n) is 7.67. The number of likely N-dealkylation sites (N-methyl/N-ethyl adjacent to an activating group) is 1. The lowest BCUT2D eigenvalue weighted by Gasteiger charge is -2.37. The van der Waals surface area contributed by atoms with E-state index in [0.29, 0.717) is 19.4 Å². The molecule has 1 fully saturated rings. The average Bonchev–Trinajstić information content (AvgIpc) is 2.79. The molecular formula is C15H26BrN3O2. The van der Waals surface area contributed by atoms with Crippen LogP contribution in [0.15, 0.2) is 10.7 Å². The highest BCUT2D eigenvalue weighted by atomic mass is 79.9. The lowest BCUT2D eigenvalue weighted by atomic mass is 9.86. The molecule has 1 aliphatic rings. The van der Waals surface area contributed by atoms with Gasteiger partial charge in [-0.2, -0.15) is 5.10 Å². The van der Waals surface area contributed by atoms with Gasteiger partial charge in [0.15, 0.2) is 0 Å². The third-order valence-electron chi connectivity index (χ3n) is 4.04. The summed E-state index contributed by atoms with van der Waals surface area (Å²) in [5, 5.41) is 15.6. The Labute approximate surface area is 135 Å². The molecule has 0 spiro atoms. The van der Waals surface area contributed by atoms with Gasteiger partial charge in [0, 0.05) is 19.4 Å². The molecule has 2 heterocycles. The molecule has 1 aliphatic heterocycles. The van der Waals surface area contributed by atoms with Gasteiger partial charge in [-0.3, -0.25) is 4.68 Å². The number of ether oxygens (including phenoxy) is 1. The molecule has 2 unspecified atom stereocenters. The van der Waals surface area contributed by atoms with Crippen molar-refractivity contribution < 1.29 is 9.84 Å². The van der Waals surface area contributed by atoms with E-state index in [1.807, 2.05) is 18.8 Å². The van der Waals surface area contributed by atoms with E-state index in [1.54, 1.807) is 6.20 Å². The summed E-state index contributed by atoms with van der Waals surface area (Å²) in [6.45, 7) is 4.42. The van der Waals surface area contributed by atoms with Gasteiger partial charge < -0.3 is 14.7 Å². The number of aromatic nitrogens is 2. The Morgan fingerprint density at radius 2 is 2.33 bits per heavy atom. The van der Waals surface area contributed by atoms with Crippen LogP contribution in [-0.2, 0) is 16.9 Å². The predicted molar refractivity (Wildman–Crippen MR) is 86.3 cm³/mol. The zero-order chi connectivity index (χ0) is 15.5. The number of halogens is 1. The fourth-order valence-corrected chi connectivity index (χ4v) is 3.61. The number of aliphatic hydroxyl groups is 1. The number of hydrogen-bond donors (Lipinski definition) is 1. The molecule has 0 radical (unpaired) electrons. The average molecular weight is 360 g/mol. The summed E-state index contributed by atoms with van der Waals surface area (Å²) in [4.78, 5) is 2.12. The smallest absolute Gasteiger partial charge is 0.112 e. The Kier molecular flexibility index (Phi) is 5.82. The zero-order valence-corrected chi connectivity index (χ0v) is 14.8. The van der Waals surface area contributed by atoms with Crippen LogP contribution in [0.5, 0.6) is 0 Å². The van der Waals surface area contributed by atoms with Crippen LogP contribution in [0.3, 0.4) is 0 Å². The highest BCUT2D eigenvalue weighted by Crippen LogP contribution is 2.39. The van der Waals surface area contributed by atoms with Crippen LogP contribution in [0.25, 0.3) is 0 Å². The molecule has 120 valence electrons. The summed E-state index contributed by atoms with van der Waals surface area (Å²) >= 11 is 3.56. The Hall–Kier alpha value is -0.430. The number of rotatable bonds is 6. The molecule has 1 N–H and O–H groups in total. The highest BCUT2D eigenvalue weighted by molar-refractivity contribution is 9.10. The van der Waals surface area contributed by atoms with E-state index in [2.05, 4.69) is 32.9 Å². The van der Waals surface area contributed by atoms with E-state index >= 15 is 0 Å².